The Hall–Kier alpha value is -2.22. The molecule has 0 bridgehead atoms. The van der Waals surface area contributed by atoms with Gasteiger partial charge in [-0.3, -0.25) is 9.59 Å². The topological polar surface area (TPSA) is 122 Å². The molecule has 0 fully saturated rings. The number of nitrogens with zero attached hydrogens (tertiary/aromatic N) is 1. The third-order valence-electron chi connectivity index (χ3n) is 2.06. The Morgan fingerprint density at radius 1 is 1.53 bits per heavy atom. The molecule has 0 aliphatic carbocycles. The lowest BCUT2D eigenvalue weighted by Crippen LogP contribution is -2.43. The van der Waals surface area contributed by atoms with E-state index in [-0.39, 0.29) is 10.7 Å². The zero-order chi connectivity index (χ0) is 14.6. The van der Waals surface area contributed by atoms with Gasteiger partial charge in [0.1, 0.15) is 17.0 Å². The third kappa shape index (κ3) is 4.18. The predicted octanol–water partition coefficient (Wildman–Crippen LogP) is -0.0675. The first kappa shape index (κ1) is 14.8. The summed E-state index contributed by atoms with van der Waals surface area (Å²) < 4.78 is 12.9. The van der Waals surface area contributed by atoms with Crippen molar-refractivity contribution in [3.8, 4) is 0 Å². The zero-order valence-electron chi connectivity index (χ0n) is 9.39. The van der Waals surface area contributed by atoms with E-state index < -0.39 is 36.1 Å². The van der Waals surface area contributed by atoms with Gasteiger partial charge >= 0.3 is 5.97 Å². The molecule has 0 saturated carbocycles. The van der Waals surface area contributed by atoms with Crippen LogP contribution in [0, 0.1) is 5.82 Å². The van der Waals surface area contributed by atoms with E-state index in [1.807, 2.05) is 5.32 Å². The van der Waals surface area contributed by atoms with Crippen LogP contribution in [0.25, 0.3) is 0 Å². The van der Waals surface area contributed by atoms with Gasteiger partial charge in [-0.05, 0) is 6.07 Å². The van der Waals surface area contributed by atoms with Crippen LogP contribution in [0.2, 0.25) is 5.15 Å². The molecule has 1 aromatic heterocycles. The van der Waals surface area contributed by atoms with Crippen LogP contribution >= 0.6 is 11.6 Å². The van der Waals surface area contributed by atoms with E-state index in [9.17, 15) is 18.8 Å². The number of amides is 2. The van der Waals surface area contributed by atoms with Crippen LogP contribution in [0.4, 0.5) is 4.39 Å². The average molecular weight is 290 g/mol. The molecular weight excluding hydrogens is 281 g/mol. The Kier molecular flexibility index (Phi) is 4.76. The summed E-state index contributed by atoms with van der Waals surface area (Å²) in [4.78, 5) is 36.6. The standard InChI is InChI=1S/C10H9ClFN3O4/c11-8-5(1-4(12)3-14-8)9(17)15-6(10(18)19)2-7(13)16/h1,3,6H,2H2,(H2,13,16)(H,15,17)(H,18,19). The van der Waals surface area contributed by atoms with Crippen molar-refractivity contribution in [3.63, 3.8) is 0 Å². The molecule has 19 heavy (non-hydrogen) atoms. The Morgan fingerprint density at radius 3 is 2.68 bits per heavy atom. The fraction of sp³-hybridized carbons (Fsp3) is 0.200. The summed E-state index contributed by atoms with van der Waals surface area (Å²) in [5.74, 6) is -4.13. The molecule has 1 aromatic rings. The Bertz CT molecular complexity index is 538. The van der Waals surface area contributed by atoms with Gasteiger partial charge in [-0.2, -0.15) is 0 Å². The highest BCUT2D eigenvalue weighted by Crippen LogP contribution is 2.13. The lowest BCUT2D eigenvalue weighted by molar-refractivity contribution is -0.140. The maximum atomic E-state index is 12.9. The second-order valence-corrected chi connectivity index (χ2v) is 3.88. The highest BCUT2D eigenvalue weighted by Gasteiger charge is 2.24. The summed E-state index contributed by atoms with van der Waals surface area (Å²) in [6.07, 6.45) is 0.207. The summed E-state index contributed by atoms with van der Waals surface area (Å²) in [5.41, 5.74) is 4.51. The Labute approximate surface area is 111 Å². The highest BCUT2D eigenvalue weighted by molar-refractivity contribution is 6.32. The Balaban J connectivity index is 2.90. The molecule has 4 N–H and O–H groups in total. The van der Waals surface area contributed by atoms with Crippen molar-refractivity contribution in [2.24, 2.45) is 5.73 Å². The van der Waals surface area contributed by atoms with E-state index >= 15 is 0 Å². The molecule has 102 valence electrons. The quantitative estimate of drug-likeness (QED) is 0.655. The number of rotatable bonds is 5. The van der Waals surface area contributed by atoms with E-state index in [0.29, 0.717) is 0 Å². The normalized spacial score (nSPS) is 11.7. The smallest absolute Gasteiger partial charge is 0.326 e. The molecule has 2 amide bonds. The number of hydrogen-bond acceptors (Lipinski definition) is 4. The highest BCUT2D eigenvalue weighted by atomic mass is 35.5. The van der Waals surface area contributed by atoms with Crippen LogP contribution in [0.3, 0.4) is 0 Å². The van der Waals surface area contributed by atoms with Gasteiger partial charge in [-0.25, -0.2) is 14.2 Å². The van der Waals surface area contributed by atoms with E-state index in [1.54, 1.807) is 0 Å². The van der Waals surface area contributed by atoms with Crippen LogP contribution in [0.5, 0.6) is 0 Å². The summed E-state index contributed by atoms with van der Waals surface area (Å²) in [7, 11) is 0. The average Bonchev–Trinajstić information content (AvgIpc) is 2.30. The van der Waals surface area contributed by atoms with Gasteiger partial charge in [-0.15, -0.1) is 0 Å². The van der Waals surface area contributed by atoms with Crippen molar-refractivity contribution in [2.45, 2.75) is 12.5 Å². The molecule has 0 aliphatic heterocycles. The molecule has 9 heteroatoms. The van der Waals surface area contributed by atoms with Gasteiger partial charge in [0.25, 0.3) is 5.91 Å². The number of carboxylic acids is 1. The lowest BCUT2D eigenvalue weighted by atomic mass is 10.1. The fourth-order valence-electron chi connectivity index (χ4n) is 1.22. The summed E-state index contributed by atoms with van der Waals surface area (Å²) in [5, 5.41) is 10.5. The van der Waals surface area contributed by atoms with Gasteiger partial charge in [-0.1, -0.05) is 11.6 Å². The molecule has 1 heterocycles. The number of aromatic nitrogens is 1. The number of carbonyl (C=O) groups is 3. The molecule has 7 nitrogen and oxygen atoms in total. The number of carboxylic acid groups (broad SMARTS) is 1. The third-order valence-corrected chi connectivity index (χ3v) is 2.36. The van der Waals surface area contributed by atoms with Crippen molar-refractivity contribution in [3.05, 3.63) is 28.8 Å². The molecule has 0 saturated heterocycles. The maximum absolute atomic E-state index is 12.9. The van der Waals surface area contributed by atoms with Gasteiger partial charge in [0.15, 0.2) is 0 Å². The molecule has 1 atom stereocenters. The van der Waals surface area contributed by atoms with Crippen molar-refractivity contribution in [1.29, 1.82) is 0 Å². The minimum Gasteiger partial charge on any atom is -0.480 e. The van der Waals surface area contributed by atoms with Gasteiger partial charge in [0.2, 0.25) is 5.91 Å². The molecule has 0 aliphatic rings. The number of primary amides is 1. The van der Waals surface area contributed by atoms with Crippen molar-refractivity contribution >= 4 is 29.4 Å². The number of nitrogens with two attached hydrogens (primary N) is 1. The largest absolute Gasteiger partial charge is 0.480 e. The molecule has 0 spiro atoms. The molecular formula is C10H9ClFN3O4. The van der Waals surface area contributed by atoms with Crippen molar-refractivity contribution < 1.29 is 23.9 Å². The Morgan fingerprint density at radius 2 is 2.16 bits per heavy atom. The fourth-order valence-corrected chi connectivity index (χ4v) is 1.41. The van der Waals surface area contributed by atoms with Crippen LogP contribution in [-0.4, -0.2) is 33.9 Å². The summed E-state index contributed by atoms with van der Waals surface area (Å²) in [6, 6.07) is -0.724. The lowest BCUT2D eigenvalue weighted by Gasteiger charge is -2.13. The molecule has 1 rings (SSSR count). The van der Waals surface area contributed by atoms with Crippen LogP contribution < -0.4 is 11.1 Å². The number of nitrogens with one attached hydrogen (secondary N) is 1. The first-order valence-electron chi connectivity index (χ1n) is 4.94. The zero-order valence-corrected chi connectivity index (χ0v) is 10.1. The molecule has 0 radical (unpaired) electrons. The van der Waals surface area contributed by atoms with Gasteiger partial charge in [0, 0.05) is 0 Å². The number of pyridine rings is 1. The second-order valence-electron chi connectivity index (χ2n) is 3.53. The monoisotopic (exact) mass is 289 g/mol. The minimum atomic E-state index is -1.52. The first-order valence-corrected chi connectivity index (χ1v) is 5.32. The van der Waals surface area contributed by atoms with E-state index in [2.05, 4.69) is 4.98 Å². The van der Waals surface area contributed by atoms with Gasteiger partial charge in [0.05, 0.1) is 18.2 Å². The van der Waals surface area contributed by atoms with E-state index in [0.717, 1.165) is 12.3 Å². The van der Waals surface area contributed by atoms with E-state index in [1.165, 1.54) is 0 Å². The molecule has 1 unspecified atom stereocenters. The minimum absolute atomic E-state index is 0.290. The number of halogens is 2. The predicted molar refractivity (Wildman–Crippen MR) is 61.9 cm³/mol. The summed E-state index contributed by atoms with van der Waals surface area (Å²) in [6.45, 7) is 0. The number of hydrogen-bond donors (Lipinski definition) is 3. The number of carbonyl (C=O) groups excluding carboxylic acids is 2. The SMILES string of the molecule is NC(=O)CC(NC(=O)c1cc(F)cnc1Cl)C(=O)O. The number of aliphatic carboxylic acids is 1. The van der Waals surface area contributed by atoms with E-state index in [4.69, 9.17) is 22.4 Å². The van der Waals surface area contributed by atoms with Crippen molar-refractivity contribution in [1.82, 2.24) is 10.3 Å². The van der Waals surface area contributed by atoms with Crippen LogP contribution in [0.1, 0.15) is 16.8 Å². The molecule has 0 aromatic carbocycles. The summed E-state index contributed by atoms with van der Waals surface area (Å²) >= 11 is 5.58. The second kappa shape index (κ2) is 6.10. The van der Waals surface area contributed by atoms with Crippen molar-refractivity contribution in [2.75, 3.05) is 0 Å². The van der Waals surface area contributed by atoms with Crippen LogP contribution in [0.15, 0.2) is 12.3 Å². The van der Waals surface area contributed by atoms with Gasteiger partial charge < -0.3 is 16.2 Å². The maximum Gasteiger partial charge on any atom is 0.326 e. The van der Waals surface area contributed by atoms with Crippen LogP contribution in [-0.2, 0) is 9.59 Å². The first-order chi connectivity index (χ1) is 8.81.